The minimum Gasteiger partial charge on any atom is -0.497 e. The third kappa shape index (κ3) is 2.19. The number of aromatic nitrogens is 1. The van der Waals surface area contributed by atoms with E-state index < -0.39 is 0 Å². The predicted octanol–water partition coefficient (Wildman–Crippen LogP) is 3.22. The molecule has 0 bridgehead atoms. The van der Waals surface area contributed by atoms with Crippen molar-refractivity contribution >= 4 is 17.4 Å². The standard InChI is InChI=1S/C13H12ClNO2/c1-8-11(14)7-15-12(8)13(16)9-3-5-10(17-2)6-4-9/h3-7,15H,1-2H3. The summed E-state index contributed by atoms with van der Waals surface area (Å²) in [5, 5.41) is 0.571. The second-order valence-corrected chi connectivity index (χ2v) is 4.10. The summed E-state index contributed by atoms with van der Waals surface area (Å²) in [6.45, 7) is 1.82. The molecule has 1 N–H and O–H groups in total. The van der Waals surface area contributed by atoms with E-state index in [2.05, 4.69) is 4.98 Å². The van der Waals surface area contributed by atoms with Crippen LogP contribution in [0.15, 0.2) is 30.5 Å². The molecule has 2 aromatic rings. The monoisotopic (exact) mass is 249 g/mol. The van der Waals surface area contributed by atoms with Gasteiger partial charge in [-0.2, -0.15) is 0 Å². The van der Waals surface area contributed by atoms with Gasteiger partial charge < -0.3 is 9.72 Å². The first kappa shape index (κ1) is 11.7. The Labute approximate surface area is 104 Å². The number of carbonyl (C=O) groups is 1. The van der Waals surface area contributed by atoms with Gasteiger partial charge >= 0.3 is 0 Å². The number of methoxy groups -OCH3 is 1. The number of nitrogens with one attached hydrogen (secondary N) is 1. The van der Waals surface area contributed by atoms with Crippen molar-refractivity contribution in [3.8, 4) is 5.75 Å². The highest BCUT2D eigenvalue weighted by Crippen LogP contribution is 2.21. The summed E-state index contributed by atoms with van der Waals surface area (Å²) in [6.07, 6.45) is 1.62. The average Bonchev–Trinajstić information content (AvgIpc) is 2.69. The highest BCUT2D eigenvalue weighted by molar-refractivity contribution is 6.32. The summed E-state index contributed by atoms with van der Waals surface area (Å²) in [5.41, 5.74) is 1.90. The highest BCUT2D eigenvalue weighted by atomic mass is 35.5. The zero-order valence-electron chi connectivity index (χ0n) is 9.58. The highest BCUT2D eigenvalue weighted by Gasteiger charge is 2.15. The molecule has 1 aromatic carbocycles. The van der Waals surface area contributed by atoms with Gasteiger partial charge in [0.2, 0.25) is 5.78 Å². The van der Waals surface area contributed by atoms with E-state index in [1.54, 1.807) is 37.6 Å². The molecule has 0 saturated heterocycles. The van der Waals surface area contributed by atoms with E-state index in [0.29, 0.717) is 16.3 Å². The van der Waals surface area contributed by atoms with E-state index in [-0.39, 0.29) is 5.78 Å². The molecule has 0 amide bonds. The molecule has 1 heterocycles. The maximum absolute atomic E-state index is 12.1. The normalized spacial score (nSPS) is 10.3. The number of hydrogen-bond donors (Lipinski definition) is 1. The Morgan fingerprint density at radius 2 is 1.94 bits per heavy atom. The number of carbonyl (C=O) groups excluding carboxylic acids is 1. The first-order valence-corrected chi connectivity index (χ1v) is 5.53. The Morgan fingerprint density at radius 3 is 2.41 bits per heavy atom. The van der Waals surface area contributed by atoms with Gasteiger partial charge in [0.05, 0.1) is 17.8 Å². The quantitative estimate of drug-likeness (QED) is 0.849. The van der Waals surface area contributed by atoms with Crippen LogP contribution in [0.2, 0.25) is 5.02 Å². The molecule has 1 aromatic heterocycles. The van der Waals surface area contributed by atoms with Crippen LogP contribution in [-0.4, -0.2) is 17.9 Å². The Balaban J connectivity index is 2.33. The van der Waals surface area contributed by atoms with Crippen LogP contribution in [0.1, 0.15) is 21.6 Å². The van der Waals surface area contributed by atoms with Crippen molar-refractivity contribution < 1.29 is 9.53 Å². The Kier molecular flexibility index (Phi) is 3.20. The van der Waals surface area contributed by atoms with E-state index >= 15 is 0 Å². The number of halogens is 1. The van der Waals surface area contributed by atoms with E-state index in [4.69, 9.17) is 16.3 Å². The van der Waals surface area contributed by atoms with Crippen molar-refractivity contribution in [2.75, 3.05) is 7.11 Å². The van der Waals surface area contributed by atoms with E-state index in [0.717, 1.165) is 11.3 Å². The minimum absolute atomic E-state index is 0.0722. The van der Waals surface area contributed by atoms with Crippen molar-refractivity contribution in [1.82, 2.24) is 4.98 Å². The van der Waals surface area contributed by atoms with Crippen molar-refractivity contribution in [3.63, 3.8) is 0 Å². The summed E-state index contributed by atoms with van der Waals surface area (Å²) in [5.74, 6) is 0.653. The molecule has 17 heavy (non-hydrogen) atoms. The van der Waals surface area contributed by atoms with Crippen molar-refractivity contribution in [2.24, 2.45) is 0 Å². The number of hydrogen-bond acceptors (Lipinski definition) is 2. The lowest BCUT2D eigenvalue weighted by molar-refractivity contribution is 0.103. The van der Waals surface area contributed by atoms with E-state index in [9.17, 15) is 4.79 Å². The van der Waals surface area contributed by atoms with Gasteiger partial charge in [-0.1, -0.05) is 11.6 Å². The fraction of sp³-hybridized carbons (Fsp3) is 0.154. The molecule has 4 heteroatoms. The molecule has 0 fully saturated rings. The first-order chi connectivity index (χ1) is 8.13. The lowest BCUT2D eigenvalue weighted by Crippen LogP contribution is -2.03. The zero-order valence-corrected chi connectivity index (χ0v) is 10.3. The molecule has 0 radical (unpaired) electrons. The molecule has 0 spiro atoms. The Bertz CT molecular complexity index is 543. The van der Waals surface area contributed by atoms with Crippen LogP contribution < -0.4 is 4.74 Å². The molecule has 0 aliphatic heterocycles. The van der Waals surface area contributed by atoms with E-state index in [1.165, 1.54) is 0 Å². The summed E-state index contributed by atoms with van der Waals surface area (Å²) < 4.78 is 5.04. The van der Waals surface area contributed by atoms with Gasteiger partial charge in [-0.05, 0) is 36.8 Å². The number of ether oxygens (including phenoxy) is 1. The molecule has 0 aliphatic carbocycles. The van der Waals surface area contributed by atoms with Gasteiger partial charge in [0.1, 0.15) is 5.75 Å². The number of rotatable bonds is 3. The van der Waals surface area contributed by atoms with E-state index in [1.807, 2.05) is 6.92 Å². The van der Waals surface area contributed by atoms with Crippen LogP contribution in [0, 0.1) is 6.92 Å². The zero-order chi connectivity index (χ0) is 12.4. The van der Waals surface area contributed by atoms with Gasteiger partial charge in [0, 0.05) is 11.8 Å². The lowest BCUT2D eigenvalue weighted by atomic mass is 10.1. The fourth-order valence-corrected chi connectivity index (χ4v) is 1.74. The fourth-order valence-electron chi connectivity index (χ4n) is 1.59. The summed E-state index contributed by atoms with van der Waals surface area (Å²) in [6, 6.07) is 6.98. The maximum Gasteiger partial charge on any atom is 0.209 e. The molecule has 2 rings (SSSR count). The largest absolute Gasteiger partial charge is 0.497 e. The van der Waals surface area contributed by atoms with Gasteiger partial charge in [-0.15, -0.1) is 0 Å². The van der Waals surface area contributed by atoms with Gasteiger partial charge in [0.25, 0.3) is 0 Å². The predicted molar refractivity (Wildman–Crippen MR) is 67.0 cm³/mol. The third-order valence-corrected chi connectivity index (χ3v) is 3.05. The smallest absolute Gasteiger partial charge is 0.209 e. The van der Waals surface area contributed by atoms with Crippen molar-refractivity contribution in [2.45, 2.75) is 6.92 Å². The molecule has 88 valence electrons. The Hall–Kier alpha value is -1.74. The molecule has 3 nitrogen and oxygen atoms in total. The van der Waals surface area contributed by atoms with Crippen LogP contribution >= 0.6 is 11.6 Å². The summed E-state index contributed by atoms with van der Waals surface area (Å²) in [4.78, 5) is 15.0. The number of H-pyrrole nitrogens is 1. The van der Waals surface area contributed by atoms with Crippen LogP contribution in [0.5, 0.6) is 5.75 Å². The molecule has 0 saturated carbocycles. The second kappa shape index (κ2) is 4.63. The van der Waals surface area contributed by atoms with Gasteiger partial charge in [-0.3, -0.25) is 4.79 Å². The number of aromatic amines is 1. The lowest BCUT2D eigenvalue weighted by Gasteiger charge is -2.02. The SMILES string of the molecule is COc1ccc(C(=O)c2[nH]cc(Cl)c2C)cc1. The number of benzene rings is 1. The van der Waals surface area contributed by atoms with Gasteiger partial charge in [0.15, 0.2) is 0 Å². The van der Waals surface area contributed by atoms with Crippen molar-refractivity contribution in [1.29, 1.82) is 0 Å². The molecule has 0 aliphatic rings. The summed E-state index contributed by atoms with van der Waals surface area (Å²) in [7, 11) is 1.59. The minimum atomic E-state index is -0.0722. The third-order valence-electron chi connectivity index (χ3n) is 2.66. The molecule has 0 unspecified atom stereocenters. The van der Waals surface area contributed by atoms with Crippen LogP contribution in [0.25, 0.3) is 0 Å². The molecular formula is C13H12ClNO2. The second-order valence-electron chi connectivity index (χ2n) is 3.69. The molecule has 0 atom stereocenters. The molecular weight excluding hydrogens is 238 g/mol. The van der Waals surface area contributed by atoms with Crippen LogP contribution in [0.3, 0.4) is 0 Å². The first-order valence-electron chi connectivity index (χ1n) is 5.15. The number of ketones is 1. The topological polar surface area (TPSA) is 42.1 Å². The Morgan fingerprint density at radius 1 is 1.29 bits per heavy atom. The van der Waals surface area contributed by atoms with Crippen LogP contribution in [0.4, 0.5) is 0 Å². The average molecular weight is 250 g/mol. The summed E-state index contributed by atoms with van der Waals surface area (Å²) >= 11 is 5.91. The van der Waals surface area contributed by atoms with Gasteiger partial charge in [-0.25, -0.2) is 0 Å². The maximum atomic E-state index is 12.1. The van der Waals surface area contributed by atoms with Crippen LogP contribution in [-0.2, 0) is 0 Å². The van der Waals surface area contributed by atoms with Crippen molar-refractivity contribution in [3.05, 3.63) is 52.3 Å².